The fourth-order valence-electron chi connectivity index (χ4n) is 1.90. The van der Waals surface area contributed by atoms with Gasteiger partial charge in [-0.2, -0.15) is 0 Å². The van der Waals surface area contributed by atoms with Crippen molar-refractivity contribution in [2.45, 2.75) is 26.0 Å². The average molecular weight is 195 g/mol. The van der Waals surface area contributed by atoms with Gasteiger partial charge in [-0.05, 0) is 13.3 Å². The van der Waals surface area contributed by atoms with Crippen molar-refractivity contribution in [3.05, 3.63) is 18.2 Å². The number of imidazole rings is 1. The highest BCUT2D eigenvalue weighted by molar-refractivity contribution is 4.88. The lowest BCUT2D eigenvalue weighted by Crippen LogP contribution is -2.26. The molecule has 0 radical (unpaired) electrons. The lowest BCUT2D eigenvalue weighted by molar-refractivity contribution is 0.175. The average Bonchev–Trinajstić information content (AvgIpc) is 2.72. The fourth-order valence-corrected chi connectivity index (χ4v) is 1.90. The third-order valence-electron chi connectivity index (χ3n) is 2.83. The van der Waals surface area contributed by atoms with Crippen LogP contribution in [0.2, 0.25) is 0 Å². The molecule has 2 heterocycles. The normalized spacial score (nSPS) is 23.1. The molecule has 1 aliphatic rings. The monoisotopic (exact) mass is 195 g/mol. The Bertz CT molecular complexity index is 297. The third-order valence-corrected chi connectivity index (χ3v) is 2.83. The van der Waals surface area contributed by atoms with E-state index in [1.165, 1.54) is 0 Å². The molecule has 1 saturated heterocycles. The van der Waals surface area contributed by atoms with Gasteiger partial charge in [-0.15, -0.1) is 0 Å². The van der Waals surface area contributed by atoms with Crippen LogP contribution in [0.1, 0.15) is 12.2 Å². The number of aryl methyl sites for hydroxylation is 1. The second kappa shape index (κ2) is 4.11. The Morgan fingerprint density at radius 2 is 2.43 bits per heavy atom. The number of likely N-dealkylation sites (tertiary alicyclic amines) is 1. The highest BCUT2D eigenvalue weighted by Crippen LogP contribution is 2.08. The van der Waals surface area contributed by atoms with Gasteiger partial charge in [0.15, 0.2) is 0 Å². The molecule has 1 aromatic rings. The van der Waals surface area contributed by atoms with Crippen LogP contribution in [0.3, 0.4) is 0 Å². The largest absolute Gasteiger partial charge is 0.392 e. The fraction of sp³-hybridized carbons (Fsp3) is 0.700. The Morgan fingerprint density at radius 3 is 3.00 bits per heavy atom. The number of rotatable bonds is 3. The minimum Gasteiger partial charge on any atom is -0.392 e. The van der Waals surface area contributed by atoms with Crippen LogP contribution in [0, 0.1) is 6.92 Å². The molecule has 1 fully saturated rings. The van der Waals surface area contributed by atoms with Crippen molar-refractivity contribution in [3.63, 3.8) is 0 Å². The van der Waals surface area contributed by atoms with E-state index < -0.39 is 0 Å². The van der Waals surface area contributed by atoms with E-state index in [2.05, 4.69) is 14.5 Å². The van der Waals surface area contributed by atoms with E-state index in [9.17, 15) is 5.11 Å². The zero-order chi connectivity index (χ0) is 9.97. The van der Waals surface area contributed by atoms with Crippen molar-refractivity contribution < 1.29 is 5.11 Å². The first-order valence-corrected chi connectivity index (χ1v) is 5.14. The molecule has 0 saturated carbocycles. The van der Waals surface area contributed by atoms with Gasteiger partial charge in [0, 0.05) is 38.6 Å². The molecule has 1 N–H and O–H groups in total. The summed E-state index contributed by atoms with van der Waals surface area (Å²) in [6.07, 6.45) is 4.64. The Balaban J connectivity index is 1.80. The molecular weight excluding hydrogens is 178 g/mol. The topological polar surface area (TPSA) is 41.3 Å². The summed E-state index contributed by atoms with van der Waals surface area (Å²) in [5.41, 5.74) is 0. The van der Waals surface area contributed by atoms with Crippen LogP contribution in [0.4, 0.5) is 0 Å². The molecule has 1 aromatic heterocycles. The van der Waals surface area contributed by atoms with Crippen LogP contribution in [-0.4, -0.2) is 45.3 Å². The van der Waals surface area contributed by atoms with Crippen LogP contribution < -0.4 is 0 Å². The lowest BCUT2D eigenvalue weighted by atomic mass is 10.3. The van der Waals surface area contributed by atoms with Gasteiger partial charge in [-0.3, -0.25) is 4.90 Å². The second-order valence-corrected chi connectivity index (χ2v) is 3.91. The zero-order valence-electron chi connectivity index (χ0n) is 8.56. The van der Waals surface area contributed by atoms with Crippen molar-refractivity contribution in [3.8, 4) is 0 Å². The van der Waals surface area contributed by atoms with E-state index >= 15 is 0 Å². The van der Waals surface area contributed by atoms with Crippen molar-refractivity contribution in [2.75, 3.05) is 19.6 Å². The van der Waals surface area contributed by atoms with Crippen LogP contribution in [-0.2, 0) is 6.54 Å². The van der Waals surface area contributed by atoms with Gasteiger partial charge >= 0.3 is 0 Å². The molecule has 0 amide bonds. The molecule has 14 heavy (non-hydrogen) atoms. The Kier molecular flexibility index (Phi) is 2.84. The Morgan fingerprint density at radius 1 is 1.57 bits per heavy atom. The first-order valence-electron chi connectivity index (χ1n) is 5.14. The van der Waals surface area contributed by atoms with Gasteiger partial charge in [0.2, 0.25) is 0 Å². The van der Waals surface area contributed by atoms with Crippen molar-refractivity contribution in [1.29, 1.82) is 0 Å². The number of aromatic nitrogens is 2. The molecule has 1 atom stereocenters. The van der Waals surface area contributed by atoms with E-state index in [4.69, 9.17) is 0 Å². The maximum atomic E-state index is 9.35. The van der Waals surface area contributed by atoms with Gasteiger partial charge in [0.1, 0.15) is 5.82 Å². The molecule has 0 spiro atoms. The Hall–Kier alpha value is -0.870. The minimum absolute atomic E-state index is 0.112. The van der Waals surface area contributed by atoms with E-state index in [0.717, 1.165) is 38.4 Å². The molecule has 78 valence electrons. The van der Waals surface area contributed by atoms with Crippen LogP contribution in [0.15, 0.2) is 12.4 Å². The maximum absolute atomic E-state index is 9.35. The zero-order valence-corrected chi connectivity index (χ0v) is 8.56. The van der Waals surface area contributed by atoms with E-state index in [0.29, 0.717) is 0 Å². The smallest absolute Gasteiger partial charge is 0.105 e. The molecule has 1 aliphatic heterocycles. The summed E-state index contributed by atoms with van der Waals surface area (Å²) in [4.78, 5) is 6.47. The number of aliphatic hydroxyl groups is 1. The summed E-state index contributed by atoms with van der Waals surface area (Å²) < 4.78 is 2.14. The first-order chi connectivity index (χ1) is 6.75. The van der Waals surface area contributed by atoms with Gasteiger partial charge < -0.3 is 9.67 Å². The van der Waals surface area contributed by atoms with Crippen LogP contribution in [0.25, 0.3) is 0 Å². The summed E-state index contributed by atoms with van der Waals surface area (Å²) in [5, 5.41) is 9.35. The van der Waals surface area contributed by atoms with Gasteiger partial charge in [0.05, 0.1) is 6.10 Å². The van der Waals surface area contributed by atoms with Crippen LogP contribution >= 0.6 is 0 Å². The molecule has 0 bridgehead atoms. The Labute approximate surface area is 84.2 Å². The van der Waals surface area contributed by atoms with E-state index in [1.54, 1.807) is 0 Å². The lowest BCUT2D eigenvalue weighted by Gasteiger charge is -2.15. The quantitative estimate of drug-likeness (QED) is 0.752. The maximum Gasteiger partial charge on any atom is 0.105 e. The number of aliphatic hydroxyl groups excluding tert-OH is 1. The minimum atomic E-state index is -0.112. The molecular formula is C10H17N3O. The molecule has 0 unspecified atom stereocenters. The molecule has 0 aliphatic carbocycles. The number of β-amino-alcohol motifs (C(OH)–C–C–N with tert-alkyl or cyclic N) is 1. The van der Waals surface area contributed by atoms with Gasteiger partial charge in [-0.25, -0.2) is 4.98 Å². The van der Waals surface area contributed by atoms with Crippen molar-refractivity contribution in [2.24, 2.45) is 0 Å². The predicted octanol–water partition coefficient (Wildman–Crippen LogP) is 0.258. The van der Waals surface area contributed by atoms with Crippen molar-refractivity contribution in [1.82, 2.24) is 14.5 Å². The second-order valence-electron chi connectivity index (χ2n) is 3.91. The SMILES string of the molecule is Cc1nccn1CCN1CC[C@@H](O)C1. The molecule has 4 heteroatoms. The number of hydrogen-bond donors (Lipinski definition) is 1. The van der Waals surface area contributed by atoms with Crippen molar-refractivity contribution >= 4 is 0 Å². The third kappa shape index (κ3) is 2.13. The summed E-state index contributed by atoms with van der Waals surface area (Å²) in [6.45, 7) is 5.84. The van der Waals surface area contributed by atoms with E-state index in [-0.39, 0.29) is 6.10 Å². The molecule has 0 aromatic carbocycles. The number of nitrogens with zero attached hydrogens (tertiary/aromatic N) is 3. The molecule has 2 rings (SSSR count). The summed E-state index contributed by atoms with van der Waals surface area (Å²) in [6, 6.07) is 0. The molecule has 4 nitrogen and oxygen atoms in total. The number of hydrogen-bond acceptors (Lipinski definition) is 3. The van der Waals surface area contributed by atoms with Gasteiger partial charge in [-0.1, -0.05) is 0 Å². The highest BCUT2D eigenvalue weighted by atomic mass is 16.3. The van der Waals surface area contributed by atoms with Gasteiger partial charge in [0.25, 0.3) is 0 Å². The summed E-state index contributed by atoms with van der Waals surface area (Å²) >= 11 is 0. The first kappa shape index (κ1) is 9.68. The summed E-state index contributed by atoms with van der Waals surface area (Å²) in [5.74, 6) is 1.06. The van der Waals surface area contributed by atoms with Crippen LogP contribution in [0.5, 0.6) is 0 Å². The summed E-state index contributed by atoms with van der Waals surface area (Å²) in [7, 11) is 0. The van der Waals surface area contributed by atoms with E-state index in [1.807, 2.05) is 19.3 Å². The highest BCUT2D eigenvalue weighted by Gasteiger charge is 2.19. The predicted molar refractivity (Wildman–Crippen MR) is 54.0 cm³/mol. The standard InChI is InChI=1S/C10H17N3O/c1-9-11-3-5-13(9)7-6-12-4-2-10(14)8-12/h3,5,10,14H,2,4,6-8H2,1H3/t10-/m1/s1.